The summed E-state index contributed by atoms with van der Waals surface area (Å²) in [6, 6.07) is -1.04. The van der Waals surface area contributed by atoms with Crippen LogP contribution in [0.2, 0.25) is 0 Å². The highest BCUT2D eigenvalue weighted by molar-refractivity contribution is 5.81. The number of rotatable bonds is 24. The van der Waals surface area contributed by atoms with Gasteiger partial charge in [0.05, 0.1) is 12.1 Å². The van der Waals surface area contributed by atoms with Crippen LogP contribution in [0.5, 0.6) is 0 Å². The molecule has 0 saturated heterocycles. The Labute approximate surface area is 245 Å². The quantitative estimate of drug-likeness (QED) is 0.0362. The summed E-state index contributed by atoms with van der Waals surface area (Å²) in [5, 5.41) is 16.7. The minimum atomic E-state index is -0.833. The van der Waals surface area contributed by atoms with Crippen LogP contribution < -0.4 is 50.4 Å². The fourth-order valence-electron chi connectivity index (χ4n) is 3.57. The smallest absolute Gasteiger partial charge is 0.300 e. The van der Waals surface area contributed by atoms with Gasteiger partial charge in [-0.1, -0.05) is 25.7 Å². The van der Waals surface area contributed by atoms with E-state index in [0.29, 0.717) is 51.9 Å². The van der Waals surface area contributed by atoms with Gasteiger partial charge >= 0.3 is 0 Å². The third-order valence-corrected chi connectivity index (χ3v) is 5.77. The number of carboxylic acid groups (broad SMARTS) is 1. The lowest BCUT2D eigenvalue weighted by atomic mass is 10.1. The van der Waals surface area contributed by atoms with E-state index in [9.17, 15) is 9.59 Å². The molecule has 0 aliphatic carbocycles. The fourth-order valence-corrected chi connectivity index (χ4v) is 3.57. The maximum atomic E-state index is 11.9. The number of hydrogen-bond acceptors (Lipinski definition) is 8. The Bertz CT molecular complexity index is 685. The first-order valence-electron chi connectivity index (χ1n) is 14.5. The first-order chi connectivity index (χ1) is 19.5. The lowest BCUT2D eigenvalue weighted by molar-refractivity contribution is -0.134. The van der Waals surface area contributed by atoms with Gasteiger partial charge in [0.2, 0.25) is 11.8 Å². The third kappa shape index (κ3) is 32.9. The Hall–Kier alpha value is -3.17. The molecule has 0 heterocycles. The van der Waals surface area contributed by atoms with Gasteiger partial charge < -0.3 is 55.5 Å². The second kappa shape index (κ2) is 28.4. The molecule has 0 aliphatic heterocycles. The number of aliphatic carboxylic acids is 1. The monoisotopic (exact) mass is 587 g/mol. The number of nitrogens with zero attached hydrogens (tertiary/aromatic N) is 2. The average Bonchev–Trinajstić information content (AvgIpc) is 2.90. The van der Waals surface area contributed by atoms with Gasteiger partial charge in [-0.2, -0.15) is 0 Å². The molecule has 0 fully saturated rings. The Morgan fingerprint density at radius 1 is 0.610 bits per heavy atom. The maximum Gasteiger partial charge on any atom is 0.300 e. The number of carboxylic acids is 1. The molecule has 2 unspecified atom stereocenters. The molecule has 0 aromatic carbocycles. The van der Waals surface area contributed by atoms with Gasteiger partial charge in [0.1, 0.15) is 0 Å². The molecule has 15 nitrogen and oxygen atoms in total. The van der Waals surface area contributed by atoms with Crippen molar-refractivity contribution >= 4 is 29.7 Å². The maximum absolute atomic E-state index is 11.9. The molecule has 0 aliphatic rings. The van der Waals surface area contributed by atoms with Crippen LogP contribution in [0.1, 0.15) is 84.0 Å². The number of guanidine groups is 2. The fraction of sp³-hybridized carbons (Fsp3) is 0.808. The molecule has 0 rings (SSSR count). The van der Waals surface area contributed by atoms with Crippen molar-refractivity contribution in [2.24, 2.45) is 44.4 Å². The highest BCUT2D eigenvalue weighted by Crippen LogP contribution is 2.01. The standard InChI is InChI=1S/C24H53N11O2.C2H4O2/c25-19(11-9-17-34-23(27)28)21(36)32-15-7-3-1-5-13-31-14-6-2-4-8-16-33-22(37)20(26)12-10-18-35-24(29)30;1-2(3)4/h19-20,31H,1-18,25-26H2,(H,32,36)(H,33,37)(H4,27,28,34)(H4,29,30,35);1H3,(H,3,4). The summed E-state index contributed by atoms with van der Waals surface area (Å²) in [6.07, 6.45) is 11.0. The van der Waals surface area contributed by atoms with Crippen molar-refractivity contribution in [2.75, 3.05) is 39.3 Å². The number of nitrogens with two attached hydrogens (primary N) is 6. The first-order valence-corrected chi connectivity index (χ1v) is 14.5. The topological polar surface area (TPSA) is 288 Å². The lowest BCUT2D eigenvalue weighted by Gasteiger charge is -2.12. The van der Waals surface area contributed by atoms with Crippen molar-refractivity contribution < 1.29 is 19.5 Å². The van der Waals surface area contributed by atoms with Gasteiger partial charge in [-0.15, -0.1) is 0 Å². The van der Waals surface area contributed by atoms with E-state index in [1.165, 1.54) is 0 Å². The van der Waals surface area contributed by atoms with E-state index in [1.54, 1.807) is 0 Å². The first kappa shape index (κ1) is 40.0. The Morgan fingerprint density at radius 2 is 0.927 bits per heavy atom. The largest absolute Gasteiger partial charge is 0.481 e. The second-order valence-corrected chi connectivity index (χ2v) is 9.79. The minimum Gasteiger partial charge on any atom is -0.481 e. The van der Waals surface area contributed by atoms with Crippen LogP contribution >= 0.6 is 0 Å². The van der Waals surface area contributed by atoms with Crippen LogP contribution in [0, 0.1) is 0 Å². The van der Waals surface area contributed by atoms with Crippen molar-refractivity contribution in [1.29, 1.82) is 0 Å². The predicted octanol–water partition coefficient (Wildman–Crippen LogP) is -1.22. The van der Waals surface area contributed by atoms with E-state index < -0.39 is 18.1 Å². The highest BCUT2D eigenvalue weighted by Gasteiger charge is 2.12. The summed E-state index contributed by atoms with van der Waals surface area (Å²) in [6.45, 7) is 5.36. The molecule has 240 valence electrons. The number of hydrogen-bond donors (Lipinski definition) is 10. The molecular formula is C26H57N11O4. The normalized spacial score (nSPS) is 11.8. The zero-order chi connectivity index (χ0) is 31.3. The molecule has 41 heavy (non-hydrogen) atoms. The summed E-state index contributed by atoms with van der Waals surface area (Å²) in [5.41, 5.74) is 32.8. The van der Waals surface area contributed by atoms with E-state index in [0.717, 1.165) is 71.4 Å². The summed E-state index contributed by atoms with van der Waals surface area (Å²) in [7, 11) is 0. The van der Waals surface area contributed by atoms with Gasteiger partial charge in [-0.3, -0.25) is 24.4 Å². The zero-order valence-corrected chi connectivity index (χ0v) is 24.9. The highest BCUT2D eigenvalue weighted by atomic mass is 16.4. The van der Waals surface area contributed by atoms with Crippen molar-refractivity contribution in [1.82, 2.24) is 16.0 Å². The zero-order valence-electron chi connectivity index (χ0n) is 24.9. The molecule has 15 heteroatoms. The SMILES string of the molecule is CC(=O)O.NC(N)=NCCCC(N)C(=O)NCCCCCCNCCCCCCNC(=O)C(N)CCCN=C(N)N. The molecule has 0 bridgehead atoms. The molecular weight excluding hydrogens is 530 g/mol. The summed E-state index contributed by atoms with van der Waals surface area (Å²) >= 11 is 0. The van der Waals surface area contributed by atoms with Gasteiger partial charge in [-0.25, -0.2) is 0 Å². The van der Waals surface area contributed by atoms with Gasteiger partial charge in [0.15, 0.2) is 11.9 Å². The Balaban J connectivity index is 0. The van der Waals surface area contributed by atoms with E-state index in [1.807, 2.05) is 0 Å². The lowest BCUT2D eigenvalue weighted by Crippen LogP contribution is -2.41. The third-order valence-electron chi connectivity index (χ3n) is 5.77. The van der Waals surface area contributed by atoms with Crippen molar-refractivity contribution in [2.45, 2.75) is 96.1 Å². The summed E-state index contributed by atoms with van der Waals surface area (Å²) in [5.74, 6) is -0.959. The molecule has 0 aromatic rings. The predicted molar refractivity (Wildman–Crippen MR) is 165 cm³/mol. The van der Waals surface area contributed by atoms with Gasteiger partial charge in [0, 0.05) is 33.1 Å². The summed E-state index contributed by atoms with van der Waals surface area (Å²) in [4.78, 5) is 40.6. The number of carbonyl (C=O) groups excluding carboxylic acids is 2. The number of aliphatic imine (C=N–C) groups is 2. The molecule has 2 amide bonds. The van der Waals surface area contributed by atoms with E-state index >= 15 is 0 Å². The molecule has 2 atom stereocenters. The van der Waals surface area contributed by atoms with Crippen LogP contribution in [-0.4, -0.2) is 86.2 Å². The van der Waals surface area contributed by atoms with Crippen molar-refractivity contribution in [3.63, 3.8) is 0 Å². The van der Waals surface area contributed by atoms with Crippen LogP contribution in [0.4, 0.5) is 0 Å². The molecule has 0 saturated carbocycles. The minimum absolute atomic E-state index is 0.0547. The Kier molecular flexibility index (Phi) is 27.7. The molecule has 16 N–H and O–H groups in total. The van der Waals surface area contributed by atoms with Gasteiger partial charge in [-0.05, 0) is 64.5 Å². The number of carbonyl (C=O) groups is 3. The molecule has 0 radical (unpaired) electrons. The Morgan fingerprint density at radius 3 is 1.24 bits per heavy atom. The van der Waals surface area contributed by atoms with Gasteiger partial charge in [0.25, 0.3) is 5.97 Å². The van der Waals surface area contributed by atoms with Crippen molar-refractivity contribution in [3.8, 4) is 0 Å². The van der Waals surface area contributed by atoms with Crippen LogP contribution in [0.15, 0.2) is 9.98 Å². The molecule has 0 spiro atoms. The van der Waals surface area contributed by atoms with E-state index in [2.05, 4.69) is 25.9 Å². The molecule has 0 aromatic heterocycles. The number of amides is 2. The van der Waals surface area contributed by atoms with Crippen LogP contribution in [0.25, 0.3) is 0 Å². The van der Waals surface area contributed by atoms with Crippen molar-refractivity contribution in [3.05, 3.63) is 0 Å². The summed E-state index contributed by atoms with van der Waals surface area (Å²) < 4.78 is 0. The van der Waals surface area contributed by atoms with Crippen LogP contribution in [-0.2, 0) is 14.4 Å². The average molecular weight is 588 g/mol. The van der Waals surface area contributed by atoms with E-state index in [-0.39, 0.29) is 23.7 Å². The second-order valence-electron chi connectivity index (χ2n) is 9.79. The number of nitrogens with one attached hydrogen (secondary N) is 3. The van der Waals surface area contributed by atoms with Crippen LogP contribution in [0.3, 0.4) is 0 Å². The van der Waals surface area contributed by atoms with E-state index in [4.69, 9.17) is 44.3 Å². The number of unbranched alkanes of at least 4 members (excludes halogenated alkanes) is 6.